The largest absolute Gasteiger partial charge is 0.534 e. The maximum Gasteiger partial charge on any atom is 0.534 e. The number of methoxy groups -OCH3 is 2. The van der Waals surface area contributed by atoms with Gasteiger partial charge in [-0.25, -0.2) is 0 Å². The van der Waals surface area contributed by atoms with Crippen LogP contribution in [-0.2, 0) is 23.0 Å². The van der Waals surface area contributed by atoms with E-state index in [1.165, 1.54) is 13.2 Å². The van der Waals surface area contributed by atoms with Crippen LogP contribution in [0, 0.1) is 0 Å². The molecule has 2 aromatic carbocycles. The molecule has 3 rings (SSSR count). The molecule has 158 valence electrons. The molecule has 0 spiro atoms. The van der Waals surface area contributed by atoms with Gasteiger partial charge in [-0.2, -0.15) is 21.6 Å². The van der Waals surface area contributed by atoms with E-state index in [9.17, 15) is 21.6 Å². The summed E-state index contributed by atoms with van der Waals surface area (Å²) in [5, 5.41) is 0. The molecule has 9 heteroatoms. The van der Waals surface area contributed by atoms with Crippen molar-refractivity contribution in [1.82, 2.24) is 0 Å². The number of fused-ring (bicyclic) bond motifs is 1. The number of hydrogen-bond donors (Lipinski definition) is 0. The fourth-order valence-corrected chi connectivity index (χ4v) is 4.03. The van der Waals surface area contributed by atoms with Crippen molar-refractivity contribution in [2.75, 3.05) is 14.2 Å². The van der Waals surface area contributed by atoms with Crippen molar-refractivity contribution >= 4 is 10.1 Å². The molecule has 1 aliphatic rings. The van der Waals surface area contributed by atoms with E-state index in [0.717, 1.165) is 23.3 Å². The third kappa shape index (κ3) is 4.60. The Hall–Kier alpha value is -2.42. The van der Waals surface area contributed by atoms with Gasteiger partial charge in [-0.1, -0.05) is 12.1 Å². The van der Waals surface area contributed by atoms with Gasteiger partial charge in [-0.3, -0.25) is 0 Å². The van der Waals surface area contributed by atoms with Gasteiger partial charge in [0.15, 0.2) is 0 Å². The number of rotatable bonds is 5. The third-order valence-corrected chi connectivity index (χ3v) is 5.99. The van der Waals surface area contributed by atoms with Crippen LogP contribution < -0.4 is 13.7 Å². The second-order valence-corrected chi connectivity index (χ2v) is 8.35. The summed E-state index contributed by atoms with van der Waals surface area (Å²) < 4.78 is 76.3. The van der Waals surface area contributed by atoms with E-state index in [1.54, 1.807) is 13.2 Å². The molecule has 0 radical (unpaired) electrons. The first-order chi connectivity index (χ1) is 13.6. The predicted octanol–water partition coefficient (Wildman–Crippen LogP) is 4.59. The molecule has 0 saturated heterocycles. The van der Waals surface area contributed by atoms with Crippen LogP contribution in [0.25, 0.3) is 0 Å². The van der Waals surface area contributed by atoms with Gasteiger partial charge < -0.3 is 13.7 Å². The van der Waals surface area contributed by atoms with Crippen molar-refractivity contribution in [2.24, 2.45) is 0 Å². The van der Waals surface area contributed by atoms with Crippen LogP contribution >= 0.6 is 0 Å². The van der Waals surface area contributed by atoms with Crippen LogP contribution in [-0.4, -0.2) is 28.1 Å². The quantitative estimate of drug-likeness (QED) is 0.394. The molecular weight excluding hydrogens is 409 g/mol. The lowest BCUT2D eigenvalue weighted by atomic mass is 9.90. The molecule has 1 atom stereocenters. The second kappa shape index (κ2) is 8.14. The molecule has 0 fully saturated rings. The van der Waals surface area contributed by atoms with Crippen molar-refractivity contribution in [2.45, 2.75) is 37.1 Å². The zero-order valence-corrected chi connectivity index (χ0v) is 16.8. The van der Waals surface area contributed by atoms with Gasteiger partial charge in [0, 0.05) is 6.07 Å². The van der Waals surface area contributed by atoms with Crippen LogP contribution in [0.2, 0.25) is 0 Å². The highest BCUT2D eigenvalue weighted by atomic mass is 32.2. The maximum absolute atomic E-state index is 12.8. The highest BCUT2D eigenvalue weighted by Crippen LogP contribution is 2.40. The van der Waals surface area contributed by atoms with E-state index in [-0.39, 0.29) is 17.4 Å². The van der Waals surface area contributed by atoms with Gasteiger partial charge >= 0.3 is 15.6 Å². The Bertz CT molecular complexity index is 969. The first-order valence-corrected chi connectivity index (χ1v) is 10.4. The topological polar surface area (TPSA) is 61.8 Å². The fourth-order valence-electron chi connectivity index (χ4n) is 3.55. The lowest BCUT2D eigenvalue weighted by Crippen LogP contribution is -2.28. The maximum atomic E-state index is 12.8. The first-order valence-electron chi connectivity index (χ1n) is 8.99. The highest BCUT2D eigenvalue weighted by molar-refractivity contribution is 7.88. The average molecular weight is 430 g/mol. The number of benzene rings is 2. The minimum atomic E-state index is -5.76. The SMILES string of the molecule is COc1ccc(C2CCCc3c(cc(OC)cc3OS(=O)(=O)C(F)(F)F)C2)cc1. The zero-order chi connectivity index (χ0) is 21.2. The van der Waals surface area contributed by atoms with Crippen molar-refractivity contribution in [3.8, 4) is 17.2 Å². The summed E-state index contributed by atoms with van der Waals surface area (Å²) in [6.45, 7) is 0. The molecule has 1 unspecified atom stereocenters. The van der Waals surface area contributed by atoms with Crippen molar-refractivity contribution < 1.29 is 35.2 Å². The molecule has 0 aromatic heterocycles. The Morgan fingerprint density at radius 3 is 2.24 bits per heavy atom. The molecule has 1 aliphatic carbocycles. The lowest BCUT2D eigenvalue weighted by molar-refractivity contribution is -0.0500. The number of hydrogen-bond acceptors (Lipinski definition) is 5. The fraction of sp³-hybridized carbons (Fsp3) is 0.400. The Morgan fingerprint density at radius 2 is 1.66 bits per heavy atom. The second-order valence-electron chi connectivity index (χ2n) is 6.81. The smallest absolute Gasteiger partial charge is 0.497 e. The Morgan fingerprint density at radius 1 is 1.00 bits per heavy atom. The third-order valence-electron chi connectivity index (χ3n) is 5.03. The number of ether oxygens (including phenoxy) is 2. The Kier molecular flexibility index (Phi) is 5.97. The molecule has 0 saturated carbocycles. The highest BCUT2D eigenvalue weighted by Gasteiger charge is 2.49. The summed E-state index contributed by atoms with van der Waals surface area (Å²) in [5.41, 5.74) is -3.24. The molecule has 29 heavy (non-hydrogen) atoms. The molecule has 0 heterocycles. The van der Waals surface area contributed by atoms with Crippen molar-refractivity contribution in [1.29, 1.82) is 0 Å². The van der Waals surface area contributed by atoms with Gasteiger partial charge in [-0.05, 0) is 66.5 Å². The summed E-state index contributed by atoms with van der Waals surface area (Å²) in [6.07, 6.45) is 2.42. The van der Waals surface area contributed by atoms with Gasteiger partial charge in [-0.15, -0.1) is 0 Å². The Balaban J connectivity index is 1.98. The molecule has 2 aromatic rings. The van der Waals surface area contributed by atoms with Crippen LogP contribution in [0.3, 0.4) is 0 Å². The average Bonchev–Trinajstić information content (AvgIpc) is 2.89. The van der Waals surface area contributed by atoms with E-state index >= 15 is 0 Å². The van der Waals surface area contributed by atoms with Gasteiger partial charge in [0.05, 0.1) is 14.2 Å². The predicted molar refractivity (Wildman–Crippen MR) is 101 cm³/mol. The summed E-state index contributed by atoms with van der Waals surface area (Å²) >= 11 is 0. The molecule has 0 N–H and O–H groups in total. The van der Waals surface area contributed by atoms with Crippen molar-refractivity contribution in [3.05, 3.63) is 53.1 Å². The molecule has 0 aliphatic heterocycles. The Labute approximate surface area is 167 Å². The summed E-state index contributed by atoms with van der Waals surface area (Å²) in [5.74, 6) is 0.775. The van der Waals surface area contributed by atoms with Crippen LogP contribution in [0.5, 0.6) is 17.2 Å². The van der Waals surface area contributed by atoms with Gasteiger partial charge in [0.25, 0.3) is 0 Å². The van der Waals surface area contributed by atoms with Crippen LogP contribution in [0.15, 0.2) is 36.4 Å². The lowest BCUT2D eigenvalue weighted by Gasteiger charge is -2.18. The van der Waals surface area contributed by atoms with E-state index < -0.39 is 15.6 Å². The van der Waals surface area contributed by atoms with E-state index in [0.29, 0.717) is 24.8 Å². The molecule has 5 nitrogen and oxygen atoms in total. The first kappa shape index (κ1) is 21.3. The van der Waals surface area contributed by atoms with Crippen LogP contribution in [0.1, 0.15) is 35.4 Å². The van der Waals surface area contributed by atoms with Gasteiger partial charge in [0.2, 0.25) is 0 Å². The minimum Gasteiger partial charge on any atom is -0.497 e. The summed E-state index contributed by atoms with van der Waals surface area (Å²) in [7, 11) is -2.82. The monoisotopic (exact) mass is 430 g/mol. The zero-order valence-electron chi connectivity index (χ0n) is 16.0. The van der Waals surface area contributed by atoms with Gasteiger partial charge in [0.1, 0.15) is 17.2 Å². The normalized spacial score (nSPS) is 17.2. The molecule has 0 amide bonds. The van der Waals surface area contributed by atoms with Crippen molar-refractivity contribution in [3.63, 3.8) is 0 Å². The van der Waals surface area contributed by atoms with Crippen LogP contribution in [0.4, 0.5) is 13.2 Å². The van der Waals surface area contributed by atoms with E-state index in [4.69, 9.17) is 9.47 Å². The standard InChI is InChI=1S/C20H21F3O5S/c1-26-16-8-6-13(7-9-16)14-4-3-5-18-15(10-14)11-17(27-2)12-19(18)28-29(24,25)20(21,22)23/h6-9,11-12,14H,3-5,10H2,1-2H3. The number of halogens is 3. The summed E-state index contributed by atoms with van der Waals surface area (Å²) in [6, 6.07) is 10.6. The van der Waals surface area contributed by atoms with E-state index in [2.05, 4.69) is 4.18 Å². The van der Waals surface area contributed by atoms with E-state index in [1.807, 2.05) is 24.3 Å². The molecular formula is C20H21F3O5S. The number of alkyl halides is 3. The summed E-state index contributed by atoms with van der Waals surface area (Å²) in [4.78, 5) is 0. The minimum absolute atomic E-state index is 0.126. The molecule has 0 bridgehead atoms.